The van der Waals surface area contributed by atoms with Crippen molar-refractivity contribution >= 4 is 5.95 Å². The van der Waals surface area contributed by atoms with Crippen LogP contribution in [-0.4, -0.2) is 32.8 Å². The molecule has 0 unspecified atom stereocenters. The van der Waals surface area contributed by atoms with Crippen molar-refractivity contribution in [3.63, 3.8) is 0 Å². The Balaban J connectivity index is 1.65. The smallest absolute Gasteiger partial charge is 0.225 e. The lowest BCUT2D eigenvalue weighted by molar-refractivity contribution is 0.579. The summed E-state index contributed by atoms with van der Waals surface area (Å²) in [6.07, 6.45) is 5.75. The average Bonchev–Trinajstić information content (AvgIpc) is 3.29. The van der Waals surface area contributed by atoms with Crippen molar-refractivity contribution in [3.8, 4) is 16.9 Å². The van der Waals surface area contributed by atoms with E-state index < -0.39 is 11.6 Å². The quantitative estimate of drug-likeness (QED) is 0.694. The summed E-state index contributed by atoms with van der Waals surface area (Å²) in [4.78, 5) is 11.6. The summed E-state index contributed by atoms with van der Waals surface area (Å²) in [6, 6.07) is 3.49. The summed E-state index contributed by atoms with van der Waals surface area (Å²) in [5.41, 5.74) is 5.10. The predicted molar refractivity (Wildman–Crippen MR) is 98.1 cm³/mol. The van der Waals surface area contributed by atoms with Crippen molar-refractivity contribution in [2.24, 2.45) is 0 Å². The lowest BCUT2D eigenvalue weighted by atomic mass is 9.93. The highest BCUT2D eigenvalue weighted by atomic mass is 19.1. The second-order valence-electron chi connectivity index (χ2n) is 7.18. The van der Waals surface area contributed by atoms with Crippen LogP contribution in [0.4, 0.5) is 14.7 Å². The number of aryl methyl sites for hydroxylation is 2. The molecule has 138 valence electrons. The minimum atomic E-state index is -0.609. The molecule has 0 atom stereocenters. The van der Waals surface area contributed by atoms with Gasteiger partial charge in [0.25, 0.3) is 0 Å². The summed E-state index contributed by atoms with van der Waals surface area (Å²) >= 11 is 0. The van der Waals surface area contributed by atoms with Gasteiger partial charge < -0.3 is 4.90 Å². The summed E-state index contributed by atoms with van der Waals surface area (Å²) in [7, 11) is 0. The number of halogens is 2. The van der Waals surface area contributed by atoms with Crippen molar-refractivity contribution in [1.29, 1.82) is 0 Å². The number of nitrogens with zero attached hydrogens (tertiary/aromatic N) is 5. The summed E-state index contributed by atoms with van der Waals surface area (Å²) in [6.45, 7) is 3.87. The molecule has 0 saturated carbocycles. The highest BCUT2D eigenvalue weighted by Gasteiger charge is 2.27. The summed E-state index contributed by atoms with van der Waals surface area (Å²) in [5.74, 6) is -0.466. The van der Waals surface area contributed by atoms with Gasteiger partial charge in [-0.15, -0.1) is 0 Å². The first-order valence-electron chi connectivity index (χ1n) is 9.26. The van der Waals surface area contributed by atoms with Gasteiger partial charge in [-0.05, 0) is 50.3 Å². The molecule has 1 fully saturated rings. The average molecular weight is 367 g/mol. The molecule has 27 heavy (non-hydrogen) atoms. The van der Waals surface area contributed by atoms with Crippen LogP contribution in [0.25, 0.3) is 16.9 Å². The monoisotopic (exact) mass is 367 g/mol. The maximum Gasteiger partial charge on any atom is 0.225 e. The van der Waals surface area contributed by atoms with Crippen LogP contribution in [0.2, 0.25) is 0 Å². The van der Waals surface area contributed by atoms with Gasteiger partial charge in [-0.25, -0.2) is 23.4 Å². The third-order valence-electron chi connectivity index (χ3n) is 5.36. The van der Waals surface area contributed by atoms with Gasteiger partial charge in [-0.1, -0.05) is 0 Å². The van der Waals surface area contributed by atoms with Crippen molar-refractivity contribution in [3.05, 3.63) is 53.0 Å². The molecular weight excluding hydrogens is 348 g/mol. The Hall–Kier alpha value is -2.83. The van der Waals surface area contributed by atoms with E-state index in [-0.39, 0.29) is 0 Å². The minimum absolute atomic E-state index is 0.397. The van der Waals surface area contributed by atoms with Crippen molar-refractivity contribution < 1.29 is 8.78 Å². The Bertz CT molecular complexity index is 1020. The summed E-state index contributed by atoms with van der Waals surface area (Å²) < 4.78 is 29.1. The Morgan fingerprint density at radius 3 is 2.48 bits per heavy atom. The SMILES string of the molecule is Cc1nn(-c2cc(F)cc(F)c2)c2c1-c1nc(N3CCCC3)ncc1CC2. The van der Waals surface area contributed by atoms with Crippen LogP contribution in [-0.2, 0) is 12.8 Å². The third kappa shape index (κ3) is 2.69. The van der Waals surface area contributed by atoms with E-state index in [1.165, 1.54) is 12.1 Å². The van der Waals surface area contributed by atoms with Crippen molar-refractivity contribution in [2.75, 3.05) is 18.0 Å². The number of fused-ring (bicyclic) bond motifs is 3. The molecule has 7 heteroatoms. The molecule has 1 aromatic carbocycles. The second kappa shape index (κ2) is 6.11. The largest absolute Gasteiger partial charge is 0.341 e. The number of benzene rings is 1. The molecule has 5 rings (SSSR count). The van der Waals surface area contributed by atoms with Crippen LogP contribution in [0.3, 0.4) is 0 Å². The van der Waals surface area contributed by atoms with Gasteiger partial charge >= 0.3 is 0 Å². The molecule has 0 radical (unpaired) electrons. The third-order valence-corrected chi connectivity index (χ3v) is 5.36. The first-order valence-corrected chi connectivity index (χ1v) is 9.26. The molecule has 0 spiro atoms. The Kier molecular flexibility index (Phi) is 3.70. The van der Waals surface area contributed by atoms with Gasteiger partial charge in [-0.2, -0.15) is 5.10 Å². The molecule has 1 saturated heterocycles. The van der Waals surface area contributed by atoms with Crippen LogP contribution >= 0.6 is 0 Å². The molecule has 1 aliphatic heterocycles. The van der Waals surface area contributed by atoms with E-state index in [1.807, 2.05) is 13.1 Å². The zero-order valence-corrected chi connectivity index (χ0v) is 15.0. The first-order chi connectivity index (χ1) is 13.1. The van der Waals surface area contributed by atoms with Crippen LogP contribution < -0.4 is 4.90 Å². The predicted octanol–water partition coefficient (Wildman–Crippen LogP) is 3.61. The van der Waals surface area contributed by atoms with Gasteiger partial charge in [0, 0.05) is 30.9 Å². The fraction of sp³-hybridized carbons (Fsp3) is 0.350. The number of hydrogen-bond acceptors (Lipinski definition) is 4. The van der Waals surface area contributed by atoms with E-state index in [1.54, 1.807) is 4.68 Å². The molecule has 3 heterocycles. The topological polar surface area (TPSA) is 46.8 Å². The lowest BCUT2D eigenvalue weighted by Crippen LogP contribution is -2.21. The van der Waals surface area contributed by atoms with Crippen molar-refractivity contribution in [2.45, 2.75) is 32.6 Å². The van der Waals surface area contributed by atoms with Gasteiger partial charge in [0.1, 0.15) is 11.6 Å². The fourth-order valence-corrected chi connectivity index (χ4v) is 4.11. The molecule has 3 aromatic rings. The summed E-state index contributed by atoms with van der Waals surface area (Å²) in [5, 5.41) is 4.58. The van der Waals surface area contributed by atoms with Crippen LogP contribution in [0.1, 0.15) is 29.8 Å². The molecular formula is C20H19F2N5. The van der Waals surface area contributed by atoms with E-state index in [2.05, 4.69) is 15.0 Å². The van der Waals surface area contributed by atoms with E-state index in [9.17, 15) is 8.78 Å². The normalized spacial score (nSPS) is 15.7. The van der Waals surface area contributed by atoms with Crippen LogP contribution in [0, 0.1) is 18.6 Å². The molecule has 0 N–H and O–H groups in total. The highest BCUT2D eigenvalue weighted by molar-refractivity contribution is 5.72. The standard InChI is InChI=1S/C20H19F2N5/c1-12-18-17(27(25-12)16-9-14(21)8-15(22)10-16)5-4-13-11-23-20(24-19(13)18)26-6-2-3-7-26/h8-11H,2-7H2,1H3. The zero-order valence-electron chi connectivity index (χ0n) is 15.0. The first kappa shape index (κ1) is 16.4. The Morgan fingerprint density at radius 1 is 1.00 bits per heavy atom. The molecule has 0 amide bonds. The van der Waals surface area contributed by atoms with Crippen molar-refractivity contribution in [1.82, 2.24) is 19.7 Å². The van der Waals surface area contributed by atoms with Gasteiger partial charge in [0.05, 0.1) is 22.8 Å². The molecule has 2 aromatic heterocycles. The molecule has 0 bridgehead atoms. The van der Waals surface area contributed by atoms with Crippen LogP contribution in [0.15, 0.2) is 24.4 Å². The Labute approximate surface area is 155 Å². The van der Waals surface area contributed by atoms with E-state index in [0.29, 0.717) is 5.69 Å². The zero-order chi connectivity index (χ0) is 18.5. The number of hydrogen-bond donors (Lipinski definition) is 0. The van der Waals surface area contributed by atoms with E-state index >= 15 is 0 Å². The van der Waals surface area contributed by atoms with E-state index in [4.69, 9.17) is 4.98 Å². The Morgan fingerprint density at radius 2 is 1.74 bits per heavy atom. The highest BCUT2D eigenvalue weighted by Crippen LogP contribution is 2.36. The van der Waals surface area contributed by atoms with E-state index in [0.717, 1.165) is 79.0 Å². The maximum absolute atomic E-state index is 13.7. The van der Waals surface area contributed by atoms with Gasteiger partial charge in [0.15, 0.2) is 0 Å². The maximum atomic E-state index is 13.7. The number of aromatic nitrogens is 4. The fourth-order valence-electron chi connectivity index (χ4n) is 4.11. The number of rotatable bonds is 2. The molecule has 5 nitrogen and oxygen atoms in total. The molecule has 1 aliphatic carbocycles. The number of anilines is 1. The lowest BCUT2D eigenvalue weighted by Gasteiger charge is -2.21. The molecule has 2 aliphatic rings. The minimum Gasteiger partial charge on any atom is -0.341 e. The second-order valence-corrected chi connectivity index (χ2v) is 7.18. The van der Waals surface area contributed by atoms with Gasteiger partial charge in [0.2, 0.25) is 5.95 Å². The van der Waals surface area contributed by atoms with Gasteiger partial charge in [-0.3, -0.25) is 0 Å². The van der Waals surface area contributed by atoms with Crippen LogP contribution in [0.5, 0.6) is 0 Å².